The van der Waals surface area contributed by atoms with Gasteiger partial charge in [-0.1, -0.05) is 12.2 Å². The molecule has 3 aromatic heterocycles. The minimum absolute atomic E-state index is 0.0517. The van der Waals surface area contributed by atoms with Gasteiger partial charge in [-0.15, -0.1) is 5.10 Å². The van der Waals surface area contributed by atoms with Gasteiger partial charge in [0.2, 0.25) is 5.82 Å². The summed E-state index contributed by atoms with van der Waals surface area (Å²) < 4.78 is 64.9. The highest BCUT2D eigenvalue weighted by Gasteiger charge is 2.53. The number of imidazole rings is 1. The van der Waals surface area contributed by atoms with Crippen LogP contribution in [-0.4, -0.2) is 100 Å². The zero-order chi connectivity index (χ0) is 30.0. The van der Waals surface area contributed by atoms with Gasteiger partial charge in [-0.2, -0.15) is 0 Å². The van der Waals surface area contributed by atoms with Crippen molar-refractivity contribution in [1.82, 2.24) is 34.3 Å². The summed E-state index contributed by atoms with van der Waals surface area (Å²) in [6, 6.07) is 0. The lowest BCUT2D eigenvalue weighted by Crippen LogP contribution is -2.35. The average Bonchev–Trinajstić information content (AvgIpc) is 3.69. The van der Waals surface area contributed by atoms with Crippen molar-refractivity contribution in [2.24, 2.45) is 5.73 Å². The number of aliphatic hydroxyl groups is 1. The molecule has 3 saturated heterocycles. The molecule has 0 spiro atoms. The number of amides is 1. The highest BCUT2D eigenvalue weighted by atomic mass is 32.7. The molecule has 2 unspecified atom stereocenters. The number of anilines is 1. The first-order valence-corrected chi connectivity index (χ1v) is 17.2. The lowest BCUT2D eigenvalue weighted by atomic mass is 10.1. The SMILES string of the molecule is NC(=O)c1ncn([C@@H]2O[C@@H]3COP(O)(=S)O[C@H]4[C@@H](F)[C@H](n5cnc6c(N)ncnc65)O[C@@H]4COP(=O)(S)O[C@@H]2[C@@H]3O)n1. The summed E-state index contributed by atoms with van der Waals surface area (Å²) in [5, 5.41) is 14.8. The second kappa shape index (κ2) is 11.1. The molecule has 3 aliphatic heterocycles. The van der Waals surface area contributed by atoms with Crippen LogP contribution in [0, 0.1) is 0 Å². The normalized spacial score (nSPS) is 39.3. The number of hydrogen-bond donors (Lipinski definition) is 5. The Morgan fingerprint density at radius 3 is 2.57 bits per heavy atom. The summed E-state index contributed by atoms with van der Waals surface area (Å²) in [7, 11) is 0. The fourth-order valence-corrected chi connectivity index (χ4v) is 7.53. The first kappa shape index (κ1) is 29.9. The number of aromatic nitrogens is 7. The Morgan fingerprint density at radius 2 is 1.83 bits per heavy atom. The van der Waals surface area contributed by atoms with E-state index in [1.807, 2.05) is 0 Å². The van der Waals surface area contributed by atoms with Crippen LogP contribution in [0.15, 0.2) is 19.0 Å². The number of rotatable bonds is 3. The lowest BCUT2D eigenvalue weighted by Gasteiger charge is -2.26. The number of alkyl halides is 1. The van der Waals surface area contributed by atoms with Crippen LogP contribution in [0.25, 0.3) is 11.2 Å². The number of nitrogens with zero attached hydrogens (tertiary/aromatic N) is 7. The monoisotopic (exact) mass is 669 g/mol. The largest absolute Gasteiger partial charge is 0.387 e. The smallest absolute Gasteiger partial charge is 0.386 e. The molecule has 24 heteroatoms. The van der Waals surface area contributed by atoms with E-state index in [-0.39, 0.29) is 22.8 Å². The Bertz CT molecular complexity index is 1620. The van der Waals surface area contributed by atoms with Crippen LogP contribution in [0.1, 0.15) is 23.1 Å². The van der Waals surface area contributed by atoms with Crippen molar-refractivity contribution in [3.05, 3.63) is 24.8 Å². The third-order valence-corrected chi connectivity index (χ3v) is 9.72. The quantitative estimate of drug-likeness (QED) is 0.172. The van der Waals surface area contributed by atoms with Gasteiger partial charge in [0, 0.05) is 0 Å². The molecule has 0 aliphatic carbocycles. The standard InChI is InChI=1S/C18H22FN9O10P2S2/c19-8-11-7(36-17(8)27-4-24-9-13(20)22-3-23-16(9)27)2-34-40(32,42)38-12-10(29)6(1-33-39(31,41)37-11)35-18(12)28-5-25-15(26-28)14(21)30/h3-8,10-12,17-18,29H,1-2H2,(H2,21,30)(H,31,41)(H,32,42)(H2,20,22,23)/t6-,7-,8-,10-,11-,12-,17-,18-,39?,40?/m1/s1. The van der Waals surface area contributed by atoms with Gasteiger partial charge in [-0.25, -0.2) is 33.6 Å². The predicted molar refractivity (Wildman–Crippen MR) is 142 cm³/mol. The van der Waals surface area contributed by atoms with E-state index < -0.39 is 81.8 Å². The minimum atomic E-state index is -4.37. The molecule has 0 aromatic carbocycles. The van der Waals surface area contributed by atoms with Gasteiger partial charge in [-0.3, -0.25) is 22.9 Å². The molecule has 6 N–H and O–H groups in total. The van der Waals surface area contributed by atoms with Crippen LogP contribution in [0.2, 0.25) is 0 Å². The zero-order valence-corrected chi connectivity index (χ0v) is 24.3. The van der Waals surface area contributed by atoms with Crippen molar-refractivity contribution in [3.8, 4) is 0 Å². The minimum Gasteiger partial charge on any atom is -0.387 e. The molecule has 19 nitrogen and oxygen atoms in total. The average molecular weight is 670 g/mol. The zero-order valence-electron chi connectivity index (χ0n) is 20.8. The maximum Gasteiger partial charge on any atom is 0.386 e. The maximum atomic E-state index is 15.9. The number of nitrogens with two attached hydrogens (primary N) is 2. The van der Waals surface area contributed by atoms with Crippen molar-refractivity contribution < 1.29 is 51.3 Å². The van der Waals surface area contributed by atoms with Gasteiger partial charge in [0.25, 0.3) is 5.91 Å². The van der Waals surface area contributed by atoms with Crippen molar-refractivity contribution >= 4 is 60.5 Å². The molecule has 2 bridgehead atoms. The summed E-state index contributed by atoms with van der Waals surface area (Å²) in [6.45, 7) is -9.83. The number of ether oxygens (including phenoxy) is 2. The number of halogens is 1. The number of hydrogen-bond acceptors (Lipinski definition) is 16. The summed E-state index contributed by atoms with van der Waals surface area (Å²) in [5.74, 6) is -1.26. The second-order valence-electron chi connectivity index (χ2n) is 9.23. The fourth-order valence-electron chi connectivity index (χ4n) is 4.63. The Morgan fingerprint density at radius 1 is 1.10 bits per heavy atom. The van der Waals surface area contributed by atoms with E-state index in [9.17, 15) is 19.4 Å². The summed E-state index contributed by atoms with van der Waals surface area (Å²) in [5.41, 5.74) is 11.4. The number of carbonyl (C=O) groups is 1. The fraction of sp³-hybridized carbons (Fsp3) is 0.556. The Balaban J connectivity index is 1.29. The van der Waals surface area contributed by atoms with Crippen molar-refractivity contribution in [2.75, 3.05) is 18.9 Å². The van der Waals surface area contributed by atoms with Gasteiger partial charge in [0.05, 0.1) is 19.5 Å². The van der Waals surface area contributed by atoms with Gasteiger partial charge >= 0.3 is 13.5 Å². The van der Waals surface area contributed by atoms with Gasteiger partial charge < -0.3 is 35.5 Å². The molecule has 3 aromatic rings. The van der Waals surface area contributed by atoms with E-state index in [1.54, 1.807) is 0 Å². The van der Waals surface area contributed by atoms with E-state index in [2.05, 4.69) is 37.3 Å². The summed E-state index contributed by atoms with van der Waals surface area (Å²) in [4.78, 5) is 38.0. The van der Waals surface area contributed by atoms with Gasteiger partial charge in [0.1, 0.15) is 48.7 Å². The molecule has 10 atom stereocenters. The Labute approximate surface area is 244 Å². The van der Waals surface area contributed by atoms with Crippen LogP contribution < -0.4 is 11.5 Å². The maximum absolute atomic E-state index is 15.9. The van der Waals surface area contributed by atoms with E-state index in [0.717, 1.165) is 17.3 Å². The molecule has 3 fully saturated rings. The number of fused-ring (bicyclic) bond motifs is 4. The molecule has 0 saturated carbocycles. The summed E-state index contributed by atoms with van der Waals surface area (Å²) in [6.07, 6.45) is -8.59. The number of thiol groups is 1. The van der Waals surface area contributed by atoms with E-state index in [0.29, 0.717) is 0 Å². The predicted octanol–water partition coefficient (Wildman–Crippen LogP) is -0.635. The molecule has 0 radical (unpaired) electrons. The molecular formula is C18H22FN9O10P2S2. The Kier molecular flexibility index (Phi) is 7.86. The number of aliphatic hydroxyl groups excluding tert-OH is 1. The first-order valence-electron chi connectivity index (χ1n) is 11.9. The first-order chi connectivity index (χ1) is 19.8. The molecule has 1 amide bonds. The van der Waals surface area contributed by atoms with Crippen molar-refractivity contribution in [2.45, 2.75) is 49.1 Å². The van der Waals surface area contributed by atoms with Crippen LogP contribution >= 0.6 is 25.8 Å². The van der Waals surface area contributed by atoms with Crippen LogP contribution in [-0.2, 0) is 43.9 Å². The lowest BCUT2D eigenvalue weighted by molar-refractivity contribution is -0.0635. The molecule has 42 heavy (non-hydrogen) atoms. The highest BCUT2D eigenvalue weighted by molar-refractivity contribution is 8.44. The molecule has 6 heterocycles. The van der Waals surface area contributed by atoms with E-state index in [4.69, 9.17) is 50.8 Å². The molecule has 3 aliphatic rings. The third-order valence-electron chi connectivity index (χ3n) is 6.54. The summed E-state index contributed by atoms with van der Waals surface area (Å²) >= 11 is 9.10. The van der Waals surface area contributed by atoms with E-state index in [1.165, 1.54) is 10.9 Å². The van der Waals surface area contributed by atoms with Gasteiger partial charge in [-0.05, 0) is 11.8 Å². The second-order valence-corrected chi connectivity index (χ2v) is 14.9. The third kappa shape index (κ3) is 5.58. The molecule has 6 rings (SSSR count). The van der Waals surface area contributed by atoms with Crippen molar-refractivity contribution in [3.63, 3.8) is 0 Å². The van der Waals surface area contributed by atoms with Crippen LogP contribution in [0.4, 0.5) is 10.2 Å². The molecular weight excluding hydrogens is 647 g/mol. The topological polar surface area (TPSA) is 256 Å². The number of carbonyl (C=O) groups excluding carboxylic acids is 1. The Hall–Kier alpha value is -2.20. The van der Waals surface area contributed by atoms with Crippen LogP contribution in [0.5, 0.6) is 0 Å². The number of nitrogen functional groups attached to an aromatic ring is 1. The van der Waals surface area contributed by atoms with Crippen LogP contribution in [0.3, 0.4) is 0 Å². The van der Waals surface area contributed by atoms with E-state index >= 15 is 4.39 Å². The number of primary amides is 1. The molecule has 228 valence electrons. The van der Waals surface area contributed by atoms with Crippen molar-refractivity contribution in [1.29, 1.82) is 0 Å². The highest BCUT2D eigenvalue weighted by Crippen LogP contribution is 2.58. The van der Waals surface area contributed by atoms with Gasteiger partial charge in [0.15, 0.2) is 30.1 Å².